The average molecular weight is 414 g/mol. The SMILES string of the molecule is OCc1cc(-c2ccccc2)ccc1N1CC[C@H](Oc2ccc(C(F)(F)F)cn2)C1. The first-order valence-electron chi connectivity index (χ1n) is 9.68. The van der Waals surface area contributed by atoms with E-state index in [1.165, 1.54) is 6.07 Å². The first kappa shape index (κ1) is 20.2. The van der Waals surface area contributed by atoms with Crippen molar-refractivity contribution >= 4 is 5.69 Å². The number of alkyl halides is 3. The number of rotatable bonds is 5. The van der Waals surface area contributed by atoms with Crippen LogP contribution in [-0.2, 0) is 12.8 Å². The summed E-state index contributed by atoms with van der Waals surface area (Å²) >= 11 is 0. The number of halogens is 3. The molecule has 1 aliphatic rings. The van der Waals surface area contributed by atoms with Crippen LogP contribution in [0.3, 0.4) is 0 Å². The van der Waals surface area contributed by atoms with E-state index in [0.717, 1.165) is 41.2 Å². The van der Waals surface area contributed by atoms with Crippen molar-refractivity contribution in [2.24, 2.45) is 0 Å². The summed E-state index contributed by atoms with van der Waals surface area (Å²) in [5, 5.41) is 9.88. The van der Waals surface area contributed by atoms with Gasteiger partial charge in [-0.05, 0) is 29.3 Å². The summed E-state index contributed by atoms with van der Waals surface area (Å²) < 4.78 is 43.8. The highest BCUT2D eigenvalue weighted by molar-refractivity contribution is 5.69. The van der Waals surface area contributed by atoms with Gasteiger partial charge in [0.15, 0.2) is 0 Å². The largest absolute Gasteiger partial charge is 0.472 e. The molecule has 4 nitrogen and oxygen atoms in total. The maximum Gasteiger partial charge on any atom is 0.417 e. The molecule has 1 aromatic heterocycles. The molecule has 0 amide bonds. The lowest BCUT2D eigenvalue weighted by atomic mass is 10.0. The summed E-state index contributed by atoms with van der Waals surface area (Å²) in [6, 6.07) is 18.2. The second-order valence-electron chi connectivity index (χ2n) is 7.23. The molecule has 1 aliphatic heterocycles. The summed E-state index contributed by atoms with van der Waals surface area (Å²) in [4.78, 5) is 5.90. The van der Waals surface area contributed by atoms with Crippen LogP contribution in [0.1, 0.15) is 17.5 Å². The second kappa shape index (κ2) is 8.36. The minimum Gasteiger partial charge on any atom is -0.472 e. The number of anilines is 1. The van der Waals surface area contributed by atoms with E-state index in [0.29, 0.717) is 13.0 Å². The van der Waals surface area contributed by atoms with E-state index in [9.17, 15) is 18.3 Å². The fraction of sp³-hybridized carbons (Fsp3) is 0.261. The lowest BCUT2D eigenvalue weighted by molar-refractivity contribution is -0.137. The Morgan fingerprint density at radius 3 is 2.50 bits per heavy atom. The third-order valence-corrected chi connectivity index (χ3v) is 5.19. The fourth-order valence-corrected chi connectivity index (χ4v) is 3.66. The van der Waals surface area contributed by atoms with E-state index < -0.39 is 11.7 Å². The van der Waals surface area contributed by atoms with Crippen LogP contribution in [0.4, 0.5) is 18.9 Å². The van der Waals surface area contributed by atoms with Crippen molar-refractivity contribution in [2.45, 2.75) is 25.3 Å². The summed E-state index contributed by atoms with van der Waals surface area (Å²) in [6.45, 7) is 1.21. The Morgan fingerprint density at radius 2 is 1.83 bits per heavy atom. The van der Waals surface area contributed by atoms with Crippen LogP contribution in [0.25, 0.3) is 11.1 Å². The molecule has 1 atom stereocenters. The van der Waals surface area contributed by atoms with Gasteiger partial charge < -0.3 is 14.7 Å². The third kappa shape index (κ3) is 4.41. The highest BCUT2D eigenvalue weighted by Gasteiger charge is 2.31. The molecule has 0 bridgehead atoms. The van der Waals surface area contributed by atoms with Gasteiger partial charge in [0.1, 0.15) is 6.10 Å². The molecule has 30 heavy (non-hydrogen) atoms. The van der Waals surface area contributed by atoms with Gasteiger partial charge in [-0.2, -0.15) is 13.2 Å². The number of hydrogen-bond acceptors (Lipinski definition) is 4. The molecule has 156 valence electrons. The van der Waals surface area contributed by atoms with Crippen molar-refractivity contribution in [1.82, 2.24) is 4.98 Å². The second-order valence-corrected chi connectivity index (χ2v) is 7.23. The number of hydrogen-bond donors (Lipinski definition) is 1. The topological polar surface area (TPSA) is 45.6 Å². The molecular weight excluding hydrogens is 393 g/mol. The first-order valence-corrected chi connectivity index (χ1v) is 9.68. The van der Waals surface area contributed by atoms with Crippen molar-refractivity contribution in [2.75, 3.05) is 18.0 Å². The van der Waals surface area contributed by atoms with E-state index in [1.807, 2.05) is 48.5 Å². The van der Waals surface area contributed by atoms with E-state index in [4.69, 9.17) is 4.74 Å². The molecule has 0 spiro atoms. The minimum absolute atomic E-state index is 0.0848. The molecule has 0 radical (unpaired) electrons. The number of pyridine rings is 1. The highest BCUT2D eigenvalue weighted by atomic mass is 19.4. The minimum atomic E-state index is -4.41. The molecule has 0 unspecified atom stereocenters. The number of ether oxygens (including phenoxy) is 1. The van der Waals surface area contributed by atoms with Gasteiger partial charge >= 0.3 is 6.18 Å². The van der Waals surface area contributed by atoms with Crippen LogP contribution in [0, 0.1) is 0 Å². The first-order chi connectivity index (χ1) is 14.4. The Labute approximate surface area is 172 Å². The van der Waals surface area contributed by atoms with Crippen LogP contribution >= 0.6 is 0 Å². The lowest BCUT2D eigenvalue weighted by Crippen LogP contribution is -2.25. The zero-order chi connectivity index (χ0) is 21.1. The molecule has 1 saturated heterocycles. The molecule has 3 aromatic rings. The number of benzene rings is 2. The van der Waals surface area contributed by atoms with Crippen molar-refractivity contribution < 1.29 is 23.0 Å². The molecule has 7 heteroatoms. The molecular formula is C23H21F3N2O2. The number of aliphatic hydroxyl groups excluding tert-OH is 1. The van der Waals surface area contributed by atoms with Gasteiger partial charge in [-0.25, -0.2) is 4.98 Å². The molecule has 2 aromatic carbocycles. The van der Waals surface area contributed by atoms with Gasteiger partial charge in [0.05, 0.1) is 18.7 Å². The monoisotopic (exact) mass is 414 g/mol. The van der Waals surface area contributed by atoms with E-state index >= 15 is 0 Å². The lowest BCUT2D eigenvalue weighted by Gasteiger charge is -2.22. The third-order valence-electron chi connectivity index (χ3n) is 5.19. The Balaban J connectivity index is 1.45. The molecule has 1 fully saturated rings. The molecule has 0 saturated carbocycles. The standard InChI is InChI=1S/C23H21F3N2O2/c24-23(25,26)19-7-9-22(27-13-19)30-20-10-11-28(14-20)21-8-6-17(12-18(21)15-29)16-4-2-1-3-5-16/h1-9,12-13,20,29H,10-11,14-15H2/t20-/m0/s1. The van der Waals surface area contributed by atoms with E-state index in [1.54, 1.807) is 0 Å². The molecule has 4 rings (SSSR count). The zero-order valence-corrected chi connectivity index (χ0v) is 16.1. The van der Waals surface area contributed by atoms with Crippen LogP contribution in [0.2, 0.25) is 0 Å². The molecule has 2 heterocycles. The summed E-state index contributed by atoms with van der Waals surface area (Å²) in [6.07, 6.45) is -3.10. The normalized spacial score (nSPS) is 16.7. The number of aliphatic hydroxyl groups is 1. The van der Waals surface area contributed by atoms with Crippen molar-refractivity contribution in [3.05, 3.63) is 78.0 Å². The van der Waals surface area contributed by atoms with Gasteiger partial charge in [0, 0.05) is 36.5 Å². The summed E-state index contributed by atoms with van der Waals surface area (Å²) in [5.74, 6) is 0.177. The highest BCUT2D eigenvalue weighted by Crippen LogP contribution is 2.32. The average Bonchev–Trinajstić information content (AvgIpc) is 3.22. The van der Waals surface area contributed by atoms with Crippen molar-refractivity contribution in [3.8, 4) is 17.0 Å². The number of aromatic nitrogens is 1. The smallest absolute Gasteiger partial charge is 0.417 e. The molecule has 0 aliphatic carbocycles. The van der Waals surface area contributed by atoms with Gasteiger partial charge in [-0.15, -0.1) is 0 Å². The van der Waals surface area contributed by atoms with E-state index in [-0.39, 0.29) is 18.6 Å². The quantitative estimate of drug-likeness (QED) is 0.644. The summed E-state index contributed by atoms with van der Waals surface area (Å²) in [5.41, 5.74) is 3.07. The predicted molar refractivity (Wildman–Crippen MR) is 108 cm³/mol. The van der Waals surface area contributed by atoms with Crippen LogP contribution in [0.5, 0.6) is 5.88 Å². The van der Waals surface area contributed by atoms with Crippen LogP contribution in [-0.4, -0.2) is 29.3 Å². The van der Waals surface area contributed by atoms with Crippen LogP contribution in [0.15, 0.2) is 66.9 Å². The van der Waals surface area contributed by atoms with Gasteiger partial charge in [-0.1, -0.05) is 36.4 Å². The van der Waals surface area contributed by atoms with Gasteiger partial charge in [0.25, 0.3) is 0 Å². The predicted octanol–water partition coefficient (Wildman–Crippen LogP) is 4.92. The van der Waals surface area contributed by atoms with E-state index in [2.05, 4.69) is 9.88 Å². The van der Waals surface area contributed by atoms with Crippen molar-refractivity contribution in [1.29, 1.82) is 0 Å². The fourth-order valence-electron chi connectivity index (χ4n) is 3.66. The zero-order valence-electron chi connectivity index (χ0n) is 16.1. The van der Waals surface area contributed by atoms with Crippen molar-refractivity contribution in [3.63, 3.8) is 0 Å². The van der Waals surface area contributed by atoms with Gasteiger partial charge in [0.2, 0.25) is 5.88 Å². The Hall–Kier alpha value is -3.06. The Bertz CT molecular complexity index is 992. The maximum absolute atomic E-state index is 12.7. The Morgan fingerprint density at radius 1 is 1.03 bits per heavy atom. The van der Waals surface area contributed by atoms with Crippen LogP contribution < -0.4 is 9.64 Å². The Kier molecular flexibility index (Phi) is 5.63. The maximum atomic E-state index is 12.7. The summed E-state index contributed by atoms with van der Waals surface area (Å²) in [7, 11) is 0. The van der Waals surface area contributed by atoms with Gasteiger partial charge in [-0.3, -0.25) is 0 Å². The number of nitrogens with zero attached hydrogens (tertiary/aromatic N) is 2. The molecule has 1 N–H and O–H groups in total.